The number of benzene rings is 3. The molecule has 3 nitrogen and oxygen atoms in total. The largest absolute Gasteiger partial charge is 0.512 e. The molecule has 4 rings (SSSR count). The van der Waals surface area contributed by atoms with Gasteiger partial charge >= 0.3 is 0 Å². The summed E-state index contributed by atoms with van der Waals surface area (Å²) in [5.74, 6) is 0.366. The second-order valence-corrected chi connectivity index (χ2v) is 13.4. The molecule has 0 aliphatic carbocycles. The summed E-state index contributed by atoms with van der Waals surface area (Å²) in [5.41, 5.74) is 8.11. The Hall–Kier alpha value is -2.81. The molecule has 4 aromatic rings. The fourth-order valence-corrected chi connectivity index (χ4v) is 5.84. The maximum Gasteiger partial charge on any atom is 0.162 e. The summed E-state index contributed by atoms with van der Waals surface area (Å²) in [7, 11) is 0. The third kappa shape index (κ3) is 8.46. The van der Waals surface area contributed by atoms with Gasteiger partial charge in [-0.3, -0.25) is 9.78 Å². The molecule has 1 radical (unpaired) electrons. The van der Waals surface area contributed by atoms with Crippen molar-refractivity contribution >= 4 is 27.5 Å². The van der Waals surface area contributed by atoms with Crippen molar-refractivity contribution in [3.8, 4) is 11.3 Å². The predicted octanol–water partition coefficient (Wildman–Crippen LogP) is 11.3. The number of aryl methyl sites for hydroxylation is 3. The van der Waals surface area contributed by atoms with Crippen molar-refractivity contribution in [3.05, 3.63) is 88.7 Å². The summed E-state index contributed by atoms with van der Waals surface area (Å²) in [6.07, 6.45) is 4.83. The van der Waals surface area contributed by atoms with Crippen molar-refractivity contribution in [2.75, 3.05) is 0 Å². The monoisotopic (exact) mass is 771 g/mol. The van der Waals surface area contributed by atoms with Gasteiger partial charge in [0.2, 0.25) is 0 Å². The van der Waals surface area contributed by atoms with Gasteiger partial charge in [-0.25, -0.2) is 0 Å². The molecule has 0 amide bonds. The van der Waals surface area contributed by atoms with Gasteiger partial charge in [0, 0.05) is 48.6 Å². The van der Waals surface area contributed by atoms with Crippen LogP contribution in [0.4, 0.5) is 0 Å². The molecule has 0 saturated carbocycles. The van der Waals surface area contributed by atoms with Crippen LogP contribution in [0.25, 0.3) is 32.9 Å². The summed E-state index contributed by atoms with van der Waals surface area (Å²) < 4.78 is 0. The second-order valence-electron chi connectivity index (χ2n) is 13.4. The third-order valence-corrected chi connectivity index (χ3v) is 9.15. The Labute approximate surface area is 279 Å². The van der Waals surface area contributed by atoms with Crippen LogP contribution < -0.4 is 0 Å². The molecule has 0 bridgehead atoms. The molecule has 3 aromatic carbocycles. The van der Waals surface area contributed by atoms with Crippen LogP contribution in [0.15, 0.2) is 60.4 Å². The molecule has 0 fully saturated rings. The molecule has 1 heterocycles. The second kappa shape index (κ2) is 15.5. The van der Waals surface area contributed by atoms with E-state index in [1.165, 1.54) is 39.1 Å². The predicted molar refractivity (Wildman–Crippen MR) is 185 cm³/mol. The van der Waals surface area contributed by atoms with Crippen molar-refractivity contribution < 1.29 is 30.0 Å². The van der Waals surface area contributed by atoms with Gasteiger partial charge in [0.1, 0.15) is 5.76 Å². The van der Waals surface area contributed by atoms with Crippen molar-refractivity contribution in [3.63, 3.8) is 0 Å². The first-order valence-electron chi connectivity index (χ1n) is 16.0. The van der Waals surface area contributed by atoms with Crippen LogP contribution in [0, 0.1) is 38.2 Å². The number of aromatic nitrogens is 1. The first-order chi connectivity index (χ1) is 20.2. The Bertz CT molecular complexity index is 1620. The summed E-state index contributed by atoms with van der Waals surface area (Å²) >= 11 is 0. The van der Waals surface area contributed by atoms with Crippen LogP contribution in [0.5, 0.6) is 0 Å². The van der Waals surface area contributed by atoms with E-state index in [-0.39, 0.29) is 48.4 Å². The Morgan fingerprint density at radius 1 is 0.909 bits per heavy atom. The average molecular weight is 771 g/mol. The van der Waals surface area contributed by atoms with Crippen molar-refractivity contribution in [1.82, 2.24) is 4.98 Å². The molecule has 0 atom stereocenters. The van der Waals surface area contributed by atoms with Crippen LogP contribution in [0.3, 0.4) is 0 Å². The molecule has 44 heavy (non-hydrogen) atoms. The zero-order valence-electron chi connectivity index (χ0n) is 28.7. The number of hydrogen-bond donors (Lipinski definition) is 1. The van der Waals surface area contributed by atoms with Crippen molar-refractivity contribution in [1.29, 1.82) is 0 Å². The summed E-state index contributed by atoms with van der Waals surface area (Å²) in [5, 5.41) is 13.7. The number of fused-ring (bicyclic) bond motifs is 2. The van der Waals surface area contributed by atoms with Gasteiger partial charge in [-0.1, -0.05) is 96.7 Å². The van der Waals surface area contributed by atoms with E-state index in [2.05, 4.69) is 96.1 Å². The number of hydrogen-bond acceptors (Lipinski definition) is 3. The van der Waals surface area contributed by atoms with Crippen LogP contribution in [-0.4, -0.2) is 15.9 Å². The van der Waals surface area contributed by atoms with Crippen LogP contribution in [-0.2, 0) is 30.3 Å². The number of ketones is 1. The zero-order chi connectivity index (χ0) is 32.1. The molecule has 0 spiro atoms. The number of carbonyl (C=O) groups is 1. The maximum absolute atomic E-state index is 11.9. The third-order valence-electron chi connectivity index (χ3n) is 9.15. The van der Waals surface area contributed by atoms with Crippen LogP contribution in [0.2, 0.25) is 0 Å². The number of aliphatic hydroxyl groups excluding tert-OH is 1. The molecule has 239 valence electrons. The molecular weight excluding hydrogens is 719 g/mol. The maximum atomic E-state index is 11.9. The van der Waals surface area contributed by atoms with Crippen molar-refractivity contribution in [2.24, 2.45) is 11.3 Å². The summed E-state index contributed by atoms with van der Waals surface area (Å²) in [6.45, 7) is 23.4. The van der Waals surface area contributed by atoms with Gasteiger partial charge in [-0.15, -0.1) is 29.1 Å². The van der Waals surface area contributed by atoms with Crippen molar-refractivity contribution in [2.45, 2.75) is 107 Å². The van der Waals surface area contributed by atoms with E-state index in [9.17, 15) is 9.90 Å². The van der Waals surface area contributed by atoms with E-state index < -0.39 is 0 Å². The molecular formula is C40H52IrNO2-. The molecule has 0 aliphatic heterocycles. The van der Waals surface area contributed by atoms with Gasteiger partial charge in [0.05, 0.1) is 5.52 Å². The molecule has 1 aromatic heterocycles. The van der Waals surface area contributed by atoms with Gasteiger partial charge in [0.15, 0.2) is 5.78 Å². The van der Waals surface area contributed by atoms with Gasteiger partial charge < -0.3 is 5.11 Å². The SMILES string of the molecule is CCC(CC)C(=O)/C=C(\O)C(C)(CC)CC.Cc1cc(C)c2c(C)cc(-c3[c-]c4ccccc4c(C(C)(C)C)c3)nc2c1.[Ir]. The normalized spacial score (nSPS) is 12.2. The van der Waals surface area contributed by atoms with Gasteiger partial charge in [0.25, 0.3) is 0 Å². The van der Waals surface area contributed by atoms with E-state index in [1.807, 2.05) is 34.6 Å². The van der Waals surface area contributed by atoms with Crippen LogP contribution in [0.1, 0.15) is 103 Å². The zero-order valence-corrected chi connectivity index (χ0v) is 31.1. The van der Waals surface area contributed by atoms with Crippen LogP contribution >= 0.6 is 0 Å². The summed E-state index contributed by atoms with van der Waals surface area (Å²) in [4.78, 5) is 16.9. The number of allylic oxidation sites excluding steroid dienone is 2. The Morgan fingerprint density at radius 3 is 2.07 bits per heavy atom. The Kier molecular flexibility index (Phi) is 13.1. The molecule has 1 N–H and O–H groups in total. The number of pyridine rings is 1. The van der Waals surface area contributed by atoms with E-state index >= 15 is 0 Å². The van der Waals surface area contributed by atoms with E-state index in [1.54, 1.807) is 0 Å². The van der Waals surface area contributed by atoms with Gasteiger partial charge in [-0.2, -0.15) is 0 Å². The number of aliphatic hydroxyl groups is 1. The average Bonchev–Trinajstić information content (AvgIpc) is 2.95. The number of nitrogens with zero attached hydrogens (tertiary/aromatic N) is 1. The fourth-order valence-electron chi connectivity index (χ4n) is 5.84. The molecule has 0 unspecified atom stereocenters. The quantitative estimate of drug-likeness (QED) is 0.110. The minimum atomic E-state index is -0.248. The standard InChI is InChI=1S/C26H26N.C14H26O2.Ir/c1-16-11-17(2)25-18(3)13-23(27-24(25)12-16)20-14-19-9-7-8-10-21(19)22(15-20)26(4,5)6;1-6-11(7-2)12(15)10-13(16)14(5,8-3)9-4;/h7-13,15H,1-6H3;10-11,16H,6-9H2,1-5H3;/q-1;;/b;13-10-;. The van der Waals surface area contributed by atoms with E-state index in [4.69, 9.17) is 4.98 Å². The number of rotatable bonds is 8. The Balaban J connectivity index is 0.000000345. The topological polar surface area (TPSA) is 50.2 Å². The molecule has 0 aliphatic rings. The van der Waals surface area contributed by atoms with E-state index in [0.717, 1.165) is 47.8 Å². The molecule has 0 saturated heterocycles. The Morgan fingerprint density at radius 2 is 1.50 bits per heavy atom. The fraction of sp³-hybridized carbons (Fsp3) is 0.450. The smallest absolute Gasteiger partial charge is 0.162 e. The summed E-state index contributed by atoms with van der Waals surface area (Å²) in [6, 6.07) is 21.1. The molecule has 4 heteroatoms. The minimum Gasteiger partial charge on any atom is -0.512 e. The first-order valence-corrected chi connectivity index (χ1v) is 16.0. The van der Waals surface area contributed by atoms with E-state index in [0.29, 0.717) is 0 Å². The first kappa shape index (κ1) is 37.4. The number of carbonyl (C=O) groups excluding carboxylic acids is 1. The van der Waals surface area contributed by atoms with Gasteiger partial charge in [-0.05, 0) is 74.6 Å². The minimum absolute atomic E-state index is 0.